The topological polar surface area (TPSA) is 93.8 Å². The molecule has 0 saturated carbocycles. The molecule has 1 amide bonds. The van der Waals surface area contributed by atoms with Gasteiger partial charge in [-0.1, -0.05) is 30.3 Å². The van der Waals surface area contributed by atoms with E-state index >= 15 is 4.39 Å². The van der Waals surface area contributed by atoms with Crippen molar-refractivity contribution in [2.45, 2.75) is 19.4 Å². The molecule has 0 aliphatic carbocycles. The predicted octanol–water partition coefficient (Wildman–Crippen LogP) is 4.39. The molecule has 0 fully saturated rings. The zero-order chi connectivity index (χ0) is 21.9. The van der Waals surface area contributed by atoms with Crippen LogP contribution in [-0.4, -0.2) is 26.1 Å². The number of nitrogens with zero attached hydrogens (tertiary/aromatic N) is 4. The summed E-state index contributed by atoms with van der Waals surface area (Å²) in [6.07, 6.45) is 1.94. The Labute approximate surface area is 190 Å². The SMILES string of the molecule is O=C(Cc1nnc(Cc2nc3ccc(-c4ccccc4)c(F)c3s2)o1)NCc1nccs1. The minimum absolute atomic E-state index is 0.0206. The third-order valence-corrected chi connectivity index (χ3v) is 6.51. The molecule has 3 heterocycles. The molecule has 32 heavy (non-hydrogen) atoms. The van der Waals surface area contributed by atoms with E-state index in [9.17, 15) is 4.79 Å². The van der Waals surface area contributed by atoms with Crippen LogP contribution in [0.5, 0.6) is 0 Å². The van der Waals surface area contributed by atoms with Crippen molar-refractivity contribution in [3.63, 3.8) is 0 Å². The molecule has 160 valence electrons. The van der Waals surface area contributed by atoms with Crippen LogP contribution in [-0.2, 0) is 24.2 Å². The number of carbonyl (C=O) groups excluding carboxylic acids is 1. The third-order valence-electron chi connectivity index (χ3n) is 4.67. The Bertz CT molecular complexity index is 1370. The number of halogens is 1. The summed E-state index contributed by atoms with van der Waals surface area (Å²) >= 11 is 2.73. The molecule has 0 unspecified atom stereocenters. The van der Waals surface area contributed by atoms with Gasteiger partial charge in [-0.05, 0) is 17.7 Å². The zero-order valence-electron chi connectivity index (χ0n) is 16.6. The molecule has 2 aromatic carbocycles. The van der Waals surface area contributed by atoms with Gasteiger partial charge in [-0.25, -0.2) is 14.4 Å². The highest BCUT2D eigenvalue weighted by molar-refractivity contribution is 7.18. The second kappa shape index (κ2) is 8.93. The Hall–Kier alpha value is -3.50. The number of carbonyl (C=O) groups is 1. The fraction of sp³-hybridized carbons (Fsp3) is 0.136. The second-order valence-electron chi connectivity index (χ2n) is 6.89. The third kappa shape index (κ3) is 4.41. The molecule has 0 atom stereocenters. The molecule has 7 nitrogen and oxygen atoms in total. The van der Waals surface area contributed by atoms with Gasteiger partial charge in [0.15, 0.2) is 0 Å². The summed E-state index contributed by atoms with van der Waals surface area (Å²) in [5, 5.41) is 14.0. The second-order valence-corrected chi connectivity index (χ2v) is 8.96. The van der Waals surface area contributed by atoms with E-state index in [1.54, 1.807) is 12.3 Å². The normalized spacial score (nSPS) is 11.2. The summed E-state index contributed by atoms with van der Waals surface area (Å²) in [6, 6.07) is 13.0. The Morgan fingerprint density at radius 1 is 1.06 bits per heavy atom. The standard InChI is InChI=1S/C22H16FN5O2S2/c23-21-14(13-4-2-1-3-5-13)6-7-15-22(21)32-19(26-15)11-18-28-27-17(30-18)10-16(29)25-12-20-24-8-9-31-20/h1-9H,10-12H2,(H,25,29). The first kappa shape index (κ1) is 20.4. The van der Waals surface area contributed by atoms with Crippen molar-refractivity contribution in [1.29, 1.82) is 0 Å². The lowest BCUT2D eigenvalue weighted by atomic mass is 10.1. The number of hydrogen-bond donors (Lipinski definition) is 1. The average Bonchev–Trinajstić information content (AvgIpc) is 3.55. The van der Waals surface area contributed by atoms with Crippen molar-refractivity contribution in [2.75, 3.05) is 0 Å². The smallest absolute Gasteiger partial charge is 0.229 e. The Balaban J connectivity index is 1.27. The summed E-state index contributed by atoms with van der Waals surface area (Å²) in [5.74, 6) is 0.0252. The molecule has 0 aliphatic rings. The zero-order valence-corrected chi connectivity index (χ0v) is 18.3. The fourth-order valence-corrected chi connectivity index (χ4v) is 4.75. The van der Waals surface area contributed by atoms with Gasteiger partial charge in [-0.3, -0.25) is 4.79 Å². The van der Waals surface area contributed by atoms with Crippen LogP contribution >= 0.6 is 22.7 Å². The van der Waals surface area contributed by atoms with Gasteiger partial charge in [-0.15, -0.1) is 32.9 Å². The average molecular weight is 466 g/mol. The molecule has 0 saturated heterocycles. The van der Waals surface area contributed by atoms with Gasteiger partial charge in [0.05, 0.1) is 23.2 Å². The lowest BCUT2D eigenvalue weighted by molar-refractivity contribution is -0.120. The maximum absolute atomic E-state index is 15.1. The molecule has 10 heteroatoms. The van der Waals surface area contributed by atoms with E-state index in [-0.39, 0.29) is 30.5 Å². The molecule has 0 spiro atoms. The van der Waals surface area contributed by atoms with Crippen LogP contribution < -0.4 is 5.32 Å². The van der Waals surface area contributed by atoms with Crippen molar-refractivity contribution in [3.8, 4) is 11.1 Å². The van der Waals surface area contributed by atoms with Gasteiger partial charge in [-0.2, -0.15) is 0 Å². The summed E-state index contributed by atoms with van der Waals surface area (Å²) < 4.78 is 21.2. The number of thiazole rings is 2. The van der Waals surface area contributed by atoms with E-state index in [2.05, 4.69) is 25.5 Å². The van der Waals surface area contributed by atoms with Crippen LogP contribution in [0, 0.1) is 5.82 Å². The van der Waals surface area contributed by atoms with Gasteiger partial charge in [0.25, 0.3) is 0 Å². The number of amides is 1. The van der Waals surface area contributed by atoms with Crippen LogP contribution in [0.4, 0.5) is 4.39 Å². The molecule has 5 rings (SSSR count). The van der Waals surface area contributed by atoms with Crippen molar-refractivity contribution in [3.05, 3.63) is 81.7 Å². The number of rotatable bonds is 7. The molecule has 1 N–H and O–H groups in total. The van der Waals surface area contributed by atoms with E-state index < -0.39 is 0 Å². The van der Waals surface area contributed by atoms with Crippen LogP contribution in [0.25, 0.3) is 21.3 Å². The van der Waals surface area contributed by atoms with Crippen LogP contribution in [0.3, 0.4) is 0 Å². The van der Waals surface area contributed by atoms with Gasteiger partial charge < -0.3 is 9.73 Å². The van der Waals surface area contributed by atoms with E-state index in [4.69, 9.17) is 4.42 Å². The van der Waals surface area contributed by atoms with E-state index in [0.717, 1.165) is 10.6 Å². The monoisotopic (exact) mass is 465 g/mol. The van der Waals surface area contributed by atoms with Crippen molar-refractivity contribution >= 4 is 38.8 Å². The Morgan fingerprint density at radius 2 is 1.91 bits per heavy atom. The maximum atomic E-state index is 15.1. The predicted molar refractivity (Wildman–Crippen MR) is 120 cm³/mol. The van der Waals surface area contributed by atoms with Crippen LogP contribution in [0.2, 0.25) is 0 Å². The lowest BCUT2D eigenvalue weighted by Crippen LogP contribution is -2.24. The highest BCUT2D eigenvalue weighted by atomic mass is 32.1. The first-order chi connectivity index (χ1) is 15.7. The molecule has 0 aliphatic heterocycles. The minimum Gasteiger partial charge on any atom is -0.424 e. The number of hydrogen-bond acceptors (Lipinski definition) is 8. The summed E-state index contributed by atoms with van der Waals surface area (Å²) in [4.78, 5) is 20.7. The van der Waals surface area contributed by atoms with Gasteiger partial charge in [0.1, 0.15) is 22.3 Å². The van der Waals surface area contributed by atoms with Gasteiger partial charge in [0, 0.05) is 17.1 Å². The molecule has 0 bridgehead atoms. The van der Waals surface area contributed by atoms with Gasteiger partial charge in [0.2, 0.25) is 17.7 Å². The number of fused-ring (bicyclic) bond motifs is 1. The Morgan fingerprint density at radius 3 is 2.72 bits per heavy atom. The first-order valence-corrected chi connectivity index (χ1v) is 11.4. The van der Waals surface area contributed by atoms with E-state index in [1.807, 2.05) is 41.8 Å². The van der Waals surface area contributed by atoms with E-state index in [0.29, 0.717) is 33.2 Å². The lowest BCUT2D eigenvalue weighted by Gasteiger charge is -2.03. The van der Waals surface area contributed by atoms with Crippen molar-refractivity contribution in [2.24, 2.45) is 0 Å². The number of aromatic nitrogens is 4. The first-order valence-electron chi connectivity index (χ1n) is 9.75. The largest absolute Gasteiger partial charge is 0.424 e. The van der Waals surface area contributed by atoms with Crippen LogP contribution in [0.1, 0.15) is 21.8 Å². The summed E-state index contributed by atoms with van der Waals surface area (Å²) in [6.45, 7) is 0.361. The molecule has 5 aromatic rings. The Kier molecular flexibility index (Phi) is 5.70. The summed E-state index contributed by atoms with van der Waals surface area (Å²) in [5.41, 5.74) is 1.94. The molecule has 3 aromatic heterocycles. The fourth-order valence-electron chi connectivity index (χ4n) is 3.20. The van der Waals surface area contributed by atoms with E-state index in [1.165, 1.54) is 22.7 Å². The molecular formula is C22H16FN5O2S2. The van der Waals surface area contributed by atoms with Crippen molar-refractivity contribution in [1.82, 2.24) is 25.5 Å². The highest BCUT2D eigenvalue weighted by Gasteiger charge is 2.17. The summed E-state index contributed by atoms with van der Waals surface area (Å²) in [7, 11) is 0. The molecule has 0 radical (unpaired) electrons. The number of benzene rings is 2. The minimum atomic E-state index is -0.291. The maximum Gasteiger partial charge on any atom is 0.229 e. The number of nitrogens with one attached hydrogen (secondary N) is 1. The molecular weight excluding hydrogens is 449 g/mol. The van der Waals surface area contributed by atoms with Crippen molar-refractivity contribution < 1.29 is 13.6 Å². The highest BCUT2D eigenvalue weighted by Crippen LogP contribution is 2.33. The van der Waals surface area contributed by atoms with Crippen LogP contribution in [0.15, 0.2) is 58.5 Å². The quantitative estimate of drug-likeness (QED) is 0.383. The van der Waals surface area contributed by atoms with Gasteiger partial charge >= 0.3 is 0 Å².